The molecule has 1 aliphatic rings. The van der Waals surface area contributed by atoms with Crippen molar-refractivity contribution in [3.05, 3.63) is 23.2 Å². The minimum atomic E-state index is -3.62. The number of benzene rings is 1. The van der Waals surface area contributed by atoms with Crippen LogP contribution >= 0.6 is 11.6 Å². The molecule has 20 heavy (non-hydrogen) atoms. The van der Waals surface area contributed by atoms with Crippen molar-refractivity contribution < 1.29 is 8.42 Å². The Morgan fingerprint density at radius 1 is 1.30 bits per heavy atom. The highest BCUT2D eigenvalue weighted by Crippen LogP contribution is 2.28. The number of anilines is 1. The molecule has 0 bridgehead atoms. The number of nitrogens with two attached hydrogens (primary N) is 1. The largest absolute Gasteiger partial charge is 0.399 e. The second kappa shape index (κ2) is 6.33. The zero-order valence-corrected chi connectivity index (χ0v) is 13.2. The summed E-state index contributed by atoms with van der Waals surface area (Å²) in [6, 6.07) is 4.42. The second-order valence-corrected chi connectivity index (χ2v) is 7.59. The highest BCUT2D eigenvalue weighted by molar-refractivity contribution is 7.89. The van der Waals surface area contributed by atoms with Crippen LogP contribution in [0.25, 0.3) is 0 Å². The number of halogens is 1. The van der Waals surface area contributed by atoms with Crippen LogP contribution in [0.4, 0.5) is 5.69 Å². The molecule has 1 atom stereocenters. The van der Waals surface area contributed by atoms with Crippen molar-refractivity contribution >= 4 is 27.3 Å². The zero-order chi connectivity index (χ0) is 14.8. The lowest BCUT2D eigenvalue weighted by Gasteiger charge is -2.28. The molecule has 1 fully saturated rings. The third kappa shape index (κ3) is 3.65. The van der Waals surface area contributed by atoms with Gasteiger partial charge in [0.2, 0.25) is 10.0 Å². The molecule has 1 aliphatic carbocycles. The van der Waals surface area contributed by atoms with Crippen LogP contribution in [0.1, 0.15) is 39.0 Å². The van der Waals surface area contributed by atoms with E-state index in [1.165, 1.54) is 31.4 Å². The van der Waals surface area contributed by atoms with Gasteiger partial charge in [-0.3, -0.25) is 0 Å². The van der Waals surface area contributed by atoms with Crippen molar-refractivity contribution in [1.29, 1.82) is 0 Å². The lowest BCUT2D eigenvalue weighted by molar-refractivity contribution is 0.303. The van der Waals surface area contributed by atoms with Crippen LogP contribution in [0.15, 0.2) is 23.1 Å². The van der Waals surface area contributed by atoms with Crippen molar-refractivity contribution in [2.75, 3.05) is 5.73 Å². The van der Waals surface area contributed by atoms with E-state index in [1.807, 2.05) is 6.92 Å². The molecule has 112 valence electrons. The SMILES string of the molecule is CC(NS(=O)(=O)c1cc(N)ccc1Cl)C1CCCCC1. The summed E-state index contributed by atoms with van der Waals surface area (Å²) in [5, 5.41) is 0.197. The molecule has 3 N–H and O–H groups in total. The van der Waals surface area contributed by atoms with Gasteiger partial charge in [0.25, 0.3) is 0 Å². The van der Waals surface area contributed by atoms with Crippen molar-refractivity contribution in [3.63, 3.8) is 0 Å². The first-order valence-electron chi connectivity index (χ1n) is 6.97. The van der Waals surface area contributed by atoms with E-state index in [0.29, 0.717) is 11.6 Å². The first-order chi connectivity index (χ1) is 9.40. The van der Waals surface area contributed by atoms with Crippen LogP contribution in [0.2, 0.25) is 5.02 Å². The van der Waals surface area contributed by atoms with E-state index in [2.05, 4.69) is 4.72 Å². The topological polar surface area (TPSA) is 72.2 Å². The van der Waals surface area contributed by atoms with Gasteiger partial charge in [-0.1, -0.05) is 30.9 Å². The third-order valence-electron chi connectivity index (χ3n) is 3.94. The molecule has 0 aliphatic heterocycles. The maximum atomic E-state index is 12.4. The van der Waals surface area contributed by atoms with Gasteiger partial charge in [-0.25, -0.2) is 13.1 Å². The minimum Gasteiger partial charge on any atom is -0.399 e. The van der Waals surface area contributed by atoms with Crippen LogP contribution in [0, 0.1) is 5.92 Å². The molecular weight excluding hydrogens is 296 g/mol. The van der Waals surface area contributed by atoms with Gasteiger partial charge in [-0.15, -0.1) is 0 Å². The number of rotatable bonds is 4. The highest BCUT2D eigenvalue weighted by atomic mass is 35.5. The van der Waals surface area contributed by atoms with E-state index in [-0.39, 0.29) is 16.0 Å². The predicted molar refractivity (Wildman–Crippen MR) is 82.2 cm³/mol. The van der Waals surface area contributed by atoms with Crippen molar-refractivity contribution in [1.82, 2.24) is 4.72 Å². The Morgan fingerprint density at radius 3 is 2.60 bits per heavy atom. The van der Waals surface area contributed by atoms with Crippen LogP contribution in [-0.2, 0) is 10.0 Å². The summed E-state index contributed by atoms with van der Waals surface area (Å²) in [6.07, 6.45) is 5.76. The molecule has 0 saturated heterocycles. The third-order valence-corrected chi connectivity index (χ3v) is 5.98. The van der Waals surface area contributed by atoms with Gasteiger partial charge in [-0.05, 0) is 43.9 Å². The van der Waals surface area contributed by atoms with Crippen molar-refractivity contribution in [2.24, 2.45) is 5.92 Å². The lowest BCUT2D eigenvalue weighted by Crippen LogP contribution is -2.38. The molecule has 0 heterocycles. The minimum absolute atomic E-state index is 0.0572. The maximum absolute atomic E-state index is 12.4. The zero-order valence-electron chi connectivity index (χ0n) is 11.6. The fourth-order valence-corrected chi connectivity index (χ4v) is 4.61. The molecule has 4 nitrogen and oxygen atoms in total. The molecule has 0 radical (unpaired) electrons. The maximum Gasteiger partial charge on any atom is 0.242 e. The van der Waals surface area contributed by atoms with E-state index in [4.69, 9.17) is 17.3 Å². The second-order valence-electron chi connectivity index (χ2n) is 5.50. The molecule has 1 aromatic rings. The predicted octanol–water partition coefficient (Wildman–Crippen LogP) is 3.17. The van der Waals surface area contributed by atoms with Crippen LogP contribution < -0.4 is 10.5 Å². The Bertz CT molecular complexity index is 569. The van der Waals surface area contributed by atoms with Gasteiger partial charge in [0, 0.05) is 11.7 Å². The molecule has 1 saturated carbocycles. The average molecular weight is 317 g/mol. The molecular formula is C14H21ClN2O2S. The van der Waals surface area contributed by atoms with E-state index in [0.717, 1.165) is 12.8 Å². The summed E-state index contributed by atoms with van der Waals surface area (Å²) in [5.41, 5.74) is 6.04. The van der Waals surface area contributed by atoms with Gasteiger partial charge in [0.15, 0.2) is 0 Å². The van der Waals surface area contributed by atoms with Crippen LogP contribution in [0.3, 0.4) is 0 Å². The van der Waals surface area contributed by atoms with Crippen LogP contribution in [-0.4, -0.2) is 14.5 Å². The van der Waals surface area contributed by atoms with Gasteiger partial charge < -0.3 is 5.73 Å². The fourth-order valence-electron chi connectivity index (χ4n) is 2.76. The molecule has 2 rings (SSSR count). The summed E-state index contributed by atoms with van der Waals surface area (Å²) in [7, 11) is -3.62. The summed E-state index contributed by atoms with van der Waals surface area (Å²) < 4.78 is 27.6. The fraction of sp³-hybridized carbons (Fsp3) is 0.571. The van der Waals surface area contributed by atoms with Crippen molar-refractivity contribution in [3.8, 4) is 0 Å². The highest BCUT2D eigenvalue weighted by Gasteiger charge is 2.26. The van der Waals surface area contributed by atoms with Gasteiger partial charge in [-0.2, -0.15) is 0 Å². The smallest absolute Gasteiger partial charge is 0.242 e. The van der Waals surface area contributed by atoms with Crippen LogP contribution in [0.5, 0.6) is 0 Å². The molecule has 0 spiro atoms. The van der Waals surface area contributed by atoms with E-state index in [9.17, 15) is 8.42 Å². The Balaban J connectivity index is 2.16. The summed E-state index contributed by atoms with van der Waals surface area (Å²) in [4.78, 5) is 0.0572. The normalized spacial score (nSPS) is 18.9. The monoisotopic (exact) mass is 316 g/mol. The number of nitrogen functional groups attached to an aromatic ring is 1. The van der Waals surface area contributed by atoms with Gasteiger partial charge >= 0.3 is 0 Å². The quantitative estimate of drug-likeness (QED) is 0.838. The standard InChI is InChI=1S/C14H21ClN2O2S/c1-10(11-5-3-2-4-6-11)17-20(18,19)14-9-12(16)7-8-13(14)15/h7-11,17H,2-6,16H2,1H3. The van der Waals surface area contributed by atoms with Gasteiger partial charge in [0.05, 0.1) is 5.02 Å². The Labute approximate surface area is 125 Å². The first kappa shape index (κ1) is 15.6. The molecule has 1 unspecified atom stereocenters. The summed E-state index contributed by atoms with van der Waals surface area (Å²) in [5.74, 6) is 0.401. The van der Waals surface area contributed by atoms with Crippen molar-refractivity contribution in [2.45, 2.75) is 50.0 Å². The first-order valence-corrected chi connectivity index (χ1v) is 8.83. The molecule has 0 aromatic heterocycles. The number of hydrogen-bond acceptors (Lipinski definition) is 3. The summed E-state index contributed by atoms with van der Waals surface area (Å²) in [6.45, 7) is 1.92. The lowest BCUT2D eigenvalue weighted by atomic mass is 9.85. The average Bonchev–Trinajstić information content (AvgIpc) is 2.42. The Kier molecular flexibility index (Phi) is 4.94. The molecule has 0 amide bonds. The van der Waals surface area contributed by atoms with E-state index in [1.54, 1.807) is 6.07 Å². The van der Waals surface area contributed by atoms with E-state index < -0.39 is 10.0 Å². The molecule has 6 heteroatoms. The summed E-state index contributed by atoms with van der Waals surface area (Å²) >= 11 is 5.98. The number of hydrogen-bond donors (Lipinski definition) is 2. The molecule has 1 aromatic carbocycles. The van der Waals surface area contributed by atoms with E-state index >= 15 is 0 Å². The number of sulfonamides is 1. The Hall–Kier alpha value is -0.780. The Morgan fingerprint density at radius 2 is 1.95 bits per heavy atom. The van der Waals surface area contributed by atoms with Gasteiger partial charge in [0.1, 0.15) is 4.90 Å². The number of nitrogens with one attached hydrogen (secondary N) is 1.